The van der Waals surface area contributed by atoms with E-state index in [-0.39, 0.29) is 6.04 Å². The van der Waals surface area contributed by atoms with Crippen molar-refractivity contribution in [3.63, 3.8) is 0 Å². The van der Waals surface area contributed by atoms with Crippen LogP contribution in [0.3, 0.4) is 0 Å². The Morgan fingerprint density at radius 2 is 2.29 bits per heavy atom. The highest BCUT2D eigenvalue weighted by atomic mass is 79.9. The number of aliphatic carboxylic acids is 1. The van der Waals surface area contributed by atoms with Crippen molar-refractivity contribution in [2.45, 2.75) is 31.8 Å². The largest absolute Gasteiger partial charge is 0.480 e. The average molecular weight is 383 g/mol. The maximum absolute atomic E-state index is 11.2. The molecule has 1 fully saturated rings. The normalized spacial score (nSPS) is 21.6. The van der Waals surface area contributed by atoms with Crippen LogP contribution in [0.4, 0.5) is 0 Å². The lowest BCUT2D eigenvalue weighted by atomic mass is 10.0. The van der Waals surface area contributed by atoms with Gasteiger partial charge in [0, 0.05) is 15.9 Å². The Labute approximate surface area is 121 Å². The summed E-state index contributed by atoms with van der Waals surface area (Å²) in [7, 11) is 0. The number of carboxylic acid groups (broad SMARTS) is 1. The molecule has 1 aliphatic rings. The molecule has 3 nitrogen and oxygen atoms in total. The fraction of sp³-hybridized carbons (Fsp3) is 0.545. The molecule has 1 saturated heterocycles. The van der Waals surface area contributed by atoms with Gasteiger partial charge in [-0.3, -0.25) is 9.69 Å². The lowest BCUT2D eigenvalue weighted by molar-refractivity contribution is -0.144. The van der Waals surface area contributed by atoms with Gasteiger partial charge in [-0.1, -0.05) is 6.42 Å². The van der Waals surface area contributed by atoms with Crippen LogP contribution in [-0.4, -0.2) is 28.6 Å². The highest BCUT2D eigenvalue weighted by molar-refractivity contribution is 9.13. The molecule has 0 radical (unpaired) electrons. The Bertz CT molecular complexity index is 402. The monoisotopic (exact) mass is 381 g/mol. The summed E-state index contributed by atoms with van der Waals surface area (Å²) in [6.07, 6.45) is 2.88. The first-order chi connectivity index (χ1) is 8.08. The van der Waals surface area contributed by atoms with E-state index in [1.165, 1.54) is 4.88 Å². The third-order valence-electron chi connectivity index (χ3n) is 2.95. The zero-order valence-electron chi connectivity index (χ0n) is 9.16. The number of carbonyl (C=O) groups is 1. The summed E-state index contributed by atoms with van der Waals surface area (Å²) in [4.78, 5) is 14.4. The average Bonchev–Trinajstić information content (AvgIpc) is 2.58. The van der Waals surface area contributed by atoms with E-state index in [2.05, 4.69) is 42.8 Å². The predicted octanol–water partition coefficient (Wildman–Crippen LogP) is 3.71. The Morgan fingerprint density at radius 3 is 2.88 bits per heavy atom. The molecule has 2 rings (SSSR count). The van der Waals surface area contributed by atoms with Crippen LogP contribution >= 0.6 is 43.2 Å². The molecule has 0 amide bonds. The van der Waals surface area contributed by atoms with E-state index in [4.69, 9.17) is 0 Å². The maximum Gasteiger partial charge on any atom is 0.320 e. The van der Waals surface area contributed by atoms with Gasteiger partial charge < -0.3 is 5.11 Å². The summed E-state index contributed by atoms with van der Waals surface area (Å²) >= 11 is 8.57. The quantitative estimate of drug-likeness (QED) is 0.866. The number of carboxylic acids is 1. The van der Waals surface area contributed by atoms with Crippen molar-refractivity contribution in [3.8, 4) is 0 Å². The first-order valence-electron chi connectivity index (χ1n) is 5.48. The van der Waals surface area contributed by atoms with Gasteiger partial charge in [0.25, 0.3) is 0 Å². The van der Waals surface area contributed by atoms with Crippen LogP contribution in [0.15, 0.2) is 14.3 Å². The van der Waals surface area contributed by atoms with E-state index in [9.17, 15) is 9.90 Å². The minimum Gasteiger partial charge on any atom is -0.480 e. The molecule has 0 saturated carbocycles. The molecule has 2 heterocycles. The molecule has 1 N–H and O–H groups in total. The molecular weight excluding hydrogens is 370 g/mol. The van der Waals surface area contributed by atoms with Crippen LogP contribution in [0.1, 0.15) is 24.1 Å². The molecule has 0 aromatic carbocycles. The minimum absolute atomic E-state index is 0.316. The molecular formula is C11H13Br2NO2S. The van der Waals surface area contributed by atoms with E-state index >= 15 is 0 Å². The number of piperidine rings is 1. The van der Waals surface area contributed by atoms with E-state index in [0.717, 1.165) is 40.6 Å². The number of likely N-dealkylation sites (tertiary alicyclic amines) is 1. The van der Waals surface area contributed by atoms with Crippen LogP contribution < -0.4 is 0 Å². The highest BCUT2D eigenvalue weighted by Gasteiger charge is 2.28. The van der Waals surface area contributed by atoms with Crippen molar-refractivity contribution in [1.82, 2.24) is 4.90 Å². The molecule has 94 valence electrons. The Balaban J connectivity index is 2.07. The summed E-state index contributed by atoms with van der Waals surface area (Å²) in [5.74, 6) is -0.695. The standard InChI is InChI=1S/C11H13Br2NO2S/c12-8-5-7(17-10(8)13)6-14-4-2-1-3-9(14)11(15)16/h5,9H,1-4,6H2,(H,15,16). The van der Waals surface area contributed by atoms with Gasteiger partial charge in [0.2, 0.25) is 0 Å². The van der Waals surface area contributed by atoms with Crippen LogP contribution in [0.25, 0.3) is 0 Å². The molecule has 0 spiro atoms. The summed E-state index contributed by atoms with van der Waals surface area (Å²) in [6, 6.07) is 1.74. The first kappa shape index (κ1) is 13.5. The molecule has 1 aliphatic heterocycles. The van der Waals surface area contributed by atoms with Crippen LogP contribution in [0.5, 0.6) is 0 Å². The third kappa shape index (κ3) is 3.30. The van der Waals surface area contributed by atoms with Crippen molar-refractivity contribution >= 4 is 49.2 Å². The maximum atomic E-state index is 11.2. The minimum atomic E-state index is -0.695. The SMILES string of the molecule is O=C(O)C1CCCCN1Cc1cc(Br)c(Br)s1. The number of thiophene rings is 1. The number of rotatable bonds is 3. The summed E-state index contributed by atoms with van der Waals surface area (Å²) in [5, 5.41) is 9.19. The number of hydrogen-bond acceptors (Lipinski definition) is 3. The second-order valence-corrected chi connectivity index (χ2v) is 7.46. The Morgan fingerprint density at radius 1 is 1.53 bits per heavy atom. The van der Waals surface area contributed by atoms with Crippen LogP contribution in [0.2, 0.25) is 0 Å². The smallest absolute Gasteiger partial charge is 0.320 e. The molecule has 1 aromatic rings. The lowest BCUT2D eigenvalue weighted by Gasteiger charge is -2.32. The summed E-state index contributed by atoms with van der Waals surface area (Å²) in [5.41, 5.74) is 0. The van der Waals surface area contributed by atoms with Crippen molar-refractivity contribution in [1.29, 1.82) is 0 Å². The predicted molar refractivity (Wildman–Crippen MR) is 75.4 cm³/mol. The second kappa shape index (κ2) is 5.82. The molecule has 1 aromatic heterocycles. The zero-order chi connectivity index (χ0) is 12.4. The van der Waals surface area contributed by atoms with E-state index in [1.807, 2.05) is 0 Å². The fourth-order valence-corrected chi connectivity index (χ4v) is 4.33. The summed E-state index contributed by atoms with van der Waals surface area (Å²) < 4.78 is 2.11. The topological polar surface area (TPSA) is 40.5 Å². The highest BCUT2D eigenvalue weighted by Crippen LogP contribution is 2.33. The van der Waals surface area contributed by atoms with Gasteiger partial charge in [-0.15, -0.1) is 11.3 Å². The number of nitrogens with zero attached hydrogens (tertiary/aromatic N) is 1. The van der Waals surface area contributed by atoms with Crippen molar-refractivity contribution in [2.75, 3.05) is 6.54 Å². The lowest BCUT2D eigenvalue weighted by Crippen LogP contribution is -2.43. The first-order valence-corrected chi connectivity index (χ1v) is 7.88. The summed E-state index contributed by atoms with van der Waals surface area (Å²) in [6.45, 7) is 1.61. The van der Waals surface area contributed by atoms with Crippen molar-refractivity contribution in [2.24, 2.45) is 0 Å². The van der Waals surface area contributed by atoms with Gasteiger partial charge in [-0.25, -0.2) is 0 Å². The fourth-order valence-electron chi connectivity index (χ4n) is 2.13. The Hall–Kier alpha value is 0.0900. The van der Waals surface area contributed by atoms with Gasteiger partial charge in [0.15, 0.2) is 0 Å². The van der Waals surface area contributed by atoms with Gasteiger partial charge >= 0.3 is 5.97 Å². The molecule has 0 bridgehead atoms. The molecule has 0 aliphatic carbocycles. The Kier molecular flexibility index (Phi) is 4.63. The third-order valence-corrected chi connectivity index (χ3v) is 6.19. The van der Waals surface area contributed by atoms with E-state index in [0.29, 0.717) is 0 Å². The van der Waals surface area contributed by atoms with Crippen LogP contribution in [0, 0.1) is 0 Å². The molecule has 1 unspecified atom stereocenters. The molecule has 6 heteroatoms. The van der Waals surface area contributed by atoms with Crippen LogP contribution in [-0.2, 0) is 11.3 Å². The van der Waals surface area contributed by atoms with Gasteiger partial charge in [0.05, 0.1) is 3.79 Å². The van der Waals surface area contributed by atoms with Crippen molar-refractivity contribution < 1.29 is 9.90 Å². The zero-order valence-corrected chi connectivity index (χ0v) is 13.1. The molecule has 1 atom stereocenters. The van der Waals surface area contributed by atoms with Gasteiger partial charge in [-0.2, -0.15) is 0 Å². The van der Waals surface area contributed by atoms with E-state index < -0.39 is 5.97 Å². The molecule has 17 heavy (non-hydrogen) atoms. The number of hydrogen-bond donors (Lipinski definition) is 1. The van der Waals surface area contributed by atoms with Gasteiger partial charge in [0.1, 0.15) is 6.04 Å². The number of halogens is 2. The second-order valence-electron chi connectivity index (χ2n) is 4.15. The van der Waals surface area contributed by atoms with E-state index in [1.54, 1.807) is 11.3 Å². The van der Waals surface area contributed by atoms with Gasteiger partial charge in [-0.05, 0) is 57.3 Å². The van der Waals surface area contributed by atoms with Crippen molar-refractivity contribution in [3.05, 3.63) is 19.2 Å².